The van der Waals surface area contributed by atoms with Gasteiger partial charge in [-0.05, 0) is 17.7 Å². The standard InChI is InChI=1S/C12H10BrN3O3S2/c13-8-3-1-2-7(4-8)5-9(17)14-11-15-16-12(21-11)20-6-10(18)19/h1-4H,5-6H2,(H,18,19)(H,14,15,17). The van der Waals surface area contributed by atoms with E-state index < -0.39 is 5.97 Å². The van der Waals surface area contributed by atoms with Gasteiger partial charge >= 0.3 is 5.97 Å². The van der Waals surface area contributed by atoms with E-state index in [9.17, 15) is 9.59 Å². The van der Waals surface area contributed by atoms with Crippen LogP contribution in [-0.4, -0.2) is 32.9 Å². The molecule has 2 rings (SSSR count). The Labute approximate surface area is 137 Å². The molecule has 1 aromatic heterocycles. The van der Waals surface area contributed by atoms with E-state index in [1.165, 1.54) is 0 Å². The number of benzene rings is 1. The number of nitrogens with one attached hydrogen (secondary N) is 1. The number of halogens is 1. The number of thioether (sulfide) groups is 1. The van der Waals surface area contributed by atoms with Crippen LogP contribution in [0.4, 0.5) is 5.13 Å². The van der Waals surface area contributed by atoms with Gasteiger partial charge in [0.1, 0.15) is 0 Å². The molecule has 9 heteroatoms. The molecule has 0 saturated carbocycles. The molecule has 2 aromatic rings. The zero-order valence-corrected chi connectivity index (χ0v) is 13.8. The average molecular weight is 388 g/mol. The van der Waals surface area contributed by atoms with Gasteiger partial charge in [0.15, 0.2) is 4.34 Å². The summed E-state index contributed by atoms with van der Waals surface area (Å²) in [5, 5.41) is 19.2. The molecule has 0 aliphatic heterocycles. The van der Waals surface area contributed by atoms with Crippen LogP contribution < -0.4 is 5.32 Å². The van der Waals surface area contributed by atoms with Crippen LogP contribution in [-0.2, 0) is 16.0 Å². The van der Waals surface area contributed by atoms with E-state index in [0.29, 0.717) is 9.47 Å². The van der Waals surface area contributed by atoms with Crippen LogP contribution >= 0.6 is 39.0 Å². The summed E-state index contributed by atoms with van der Waals surface area (Å²) in [6.07, 6.45) is 0.233. The lowest BCUT2D eigenvalue weighted by atomic mass is 10.1. The predicted molar refractivity (Wildman–Crippen MR) is 84.7 cm³/mol. The second-order valence-electron chi connectivity index (χ2n) is 3.91. The van der Waals surface area contributed by atoms with Crippen molar-refractivity contribution in [1.82, 2.24) is 10.2 Å². The minimum Gasteiger partial charge on any atom is -0.481 e. The Morgan fingerprint density at radius 1 is 1.38 bits per heavy atom. The quantitative estimate of drug-likeness (QED) is 0.584. The third kappa shape index (κ3) is 5.44. The van der Waals surface area contributed by atoms with Crippen LogP contribution in [0.3, 0.4) is 0 Å². The van der Waals surface area contributed by atoms with Gasteiger partial charge in [0.05, 0.1) is 12.2 Å². The summed E-state index contributed by atoms with van der Waals surface area (Å²) >= 11 is 5.57. The minimum absolute atomic E-state index is 0.0827. The van der Waals surface area contributed by atoms with Crippen molar-refractivity contribution in [2.75, 3.05) is 11.1 Å². The van der Waals surface area contributed by atoms with Gasteiger partial charge in [-0.15, -0.1) is 10.2 Å². The summed E-state index contributed by atoms with van der Waals surface area (Å²) in [5.41, 5.74) is 0.881. The molecule has 1 heterocycles. The van der Waals surface area contributed by atoms with E-state index in [1.807, 2.05) is 24.3 Å². The van der Waals surface area contributed by atoms with E-state index in [-0.39, 0.29) is 18.1 Å². The van der Waals surface area contributed by atoms with Crippen LogP contribution in [0.2, 0.25) is 0 Å². The molecule has 110 valence electrons. The lowest BCUT2D eigenvalue weighted by molar-refractivity contribution is -0.133. The SMILES string of the molecule is O=C(O)CSc1nnc(NC(=O)Cc2cccc(Br)c2)s1. The van der Waals surface area contributed by atoms with Crippen molar-refractivity contribution >= 4 is 56.0 Å². The van der Waals surface area contributed by atoms with Crippen LogP contribution in [0, 0.1) is 0 Å². The number of aliphatic carboxylic acids is 1. The largest absolute Gasteiger partial charge is 0.481 e. The summed E-state index contributed by atoms with van der Waals surface area (Å²) in [4.78, 5) is 22.3. The van der Waals surface area contributed by atoms with Gasteiger partial charge in [0.25, 0.3) is 0 Å². The Hall–Kier alpha value is -1.45. The van der Waals surface area contributed by atoms with Crippen LogP contribution in [0.1, 0.15) is 5.56 Å². The molecule has 1 amide bonds. The maximum atomic E-state index is 11.9. The lowest BCUT2D eigenvalue weighted by Crippen LogP contribution is -2.14. The Morgan fingerprint density at radius 3 is 2.90 bits per heavy atom. The van der Waals surface area contributed by atoms with Crippen molar-refractivity contribution in [2.45, 2.75) is 10.8 Å². The van der Waals surface area contributed by atoms with Gasteiger partial charge in [-0.25, -0.2) is 0 Å². The van der Waals surface area contributed by atoms with Crippen molar-refractivity contribution in [2.24, 2.45) is 0 Å². The zero-order valence-electron chi connectivity index (χ0n) is 10.6. The fraction of sp³-hybridized carbons (Fsp3) is 0.167. The number of aromatic nitrogens is 2. The minimum atomic E-state index is -0.921. The first-order valence-corrected chi connectivity index (χ1v) is 8.35. The van der Waals surface area contributed by atoms with Gasteiger partial charge in [-0.2, -0.15) is 0 Å². The van der Waals surface area contributed by atoms with Crippen molar-refractivity contribution < 1.29 is 14.7 Å². The van der Waals surface area contributed by atoms with E-state index in [0.717, 1.165) is 33.1 Å². The average Bonchev–Trinajstić information content (AvgIpc) is 2.83. The predicted octanol–water partition coefficient (Wildman–Crippen LogP) is 2.66. The van der Waals surface area contributed by atoms with Gasteiger partial charge in [0, 0.05) is 4.47 Å². The topological polar surface area (TPSA) is 92.2 Å². The first-order valence-electron chi connectivity index (χ1n) is 5.75. The molecule has 0 bridgehead atoms. The van der Waals surface area contributed by atoms with Gasteiger partial charge in [-0.1, -0.05) is 51.2 Å². The number of anilines is 1. The summed E-state index contributed by atoms with van der Waals surface area (Å²) in [5.74, 6) is -1.20. The second-order valence-corrected chi connectivity index (χ2v) is 7.03. The molecular formula is C12H10BrN3O3S2. The number of hydrogen-bond acceptors (Lipinski definition) is 6. The van der Waals surface area contributed by atoms with Crippen molar-refractivity contribution in [3.05, 3.63) is 34.3 Å². The Kier molecular flexibility index (Phi) is 5.71. The van der Waals surface area contributed by atoms with Crippen LogP contribution in [0.25, 0.3) is 0 Å². The summed E-state index contributed by atoms with van der Waals surface area (Å²) in [7, 11) is 0. The lowest BCUT2D eigenvalue weighted by Gasteiger charge is -2.01. The van der Waals surface area contributed by atoms with Crippen LogP contribution in [0.5, 0.6) is 0 Å². The molecule has 0 atom stereocenters. The van der Waals surface area contributed by atoms with E-state index in [1.54, 1.807) is 0 Å². The molecule has 0 radical (unpaired) electrons. The van der Waals surface area contributed by atoms with Gasteiger partial charge in [-0.3, -0.25) is 9.59 Å². The molecule has 6 nitrogen and oxygen atoms in total. The molecule has 0 aliphatic rings. The highest BCUT2D eigenvalue weighted by Crippen LogP contribution is 2.25. The molecule has 0 unspecified atom stereocenters. The molecule has 0 aliphatic carbocycles. The number of amides is 1. The highest BCUT2D eigenvalue weighted by molar-refractivity contribution is 9.10. The maximum absolute atomic E-state index is 11.9. The number of nitrogens with zero attached hydrogens (tertiary/aromatic N) is 2. The molecule has 1 aromatic carbocycles. The number of carbonyl (C=O) groups is 2. The Bertz CT molecular complexity index is 663. The molecule has 0 spiro atoms. The number of hydrogen-bond donors (Lipinski definition) is 2. The number of carbonyl (C=O) groups excluding carboxylic acids is 1. The van der Waals surface area contributed by atoms with E-state index in [2.05, 4.69) is 31.4 Å². The highest BCUT2D eigenvalue weighted by Gasteiger charge is 2.10. The molecule has 2 N–H and O–H groups in total. The van der Waals surface area contributed by atoms with E-state index >= 15 is 0 Å². The first-order chi connectivity index (χ1) is 10.0. The third-order valence-electron chi connectivity index (χ3n) is 2.23. The molecule has 21 heavy (non-hydrogen) atoms. The van der Waals surface area contributed by atoms with Crippen molar-refractivity contribution in [3.63, 3.8) is 0 Å². The molecular weight excluding hydrogens is 378 g/mol. The summed E-state index contributed by atoms with van der Waals surface area (Å²) in [6.45, 7) is 0. The van der Waals surface area contributed by atoms with Crippen LogP contribution in [0.15, 0.2) is 33.1 Å². The fourth-order valence-corrected chi connectivity index (χ4v) is 3.37. The molecule has 0 fully saturated rings. The third-order valence-corrected chi connectivity index (χ3v) is 4.68. The normalized spacial score (nSPS) is 10.3. The second kappa shape index (κ2) is 7.53. The number of carboxylic acid groups (broad SMARTS) is 1. The fourth-order valence-electron chi connectivity index (χ4n) is 1.44. The highest BCUT2D eigenvalue weighted by atomic mass is 79.9. The van der Waals surface area contributed by atoms with E-state index in [4.69, 9.17) is 5.11 Å². The van der Waals surface area contributed by atoms with Gasteiger partial charge < -0.3 is 10.4 Å². The Morgan fingerprint density at radius 2 is 2.19 bits per heavy atom. The zero-order chi connectivity index (χ0) is 15.2. The summed E-state index contributed by atoms with van der Waals surface area (Å²) in [6, 6.07) is 7.47. The number of carboxylic acids is 1. The summed E-state index contributed by atoms with van der Waals surface area (Å²) < 4.78 is 1.42. The monoisotopic (exact) mass is 387 g/mol. The first kappa shape index (κ1) is 15.9. The maximum Gasteiger partial charge on any atom is 0.313 e. The number of rotatable bonds is 6. The molecule has 0 saturated heterocycles. The van der Waals surface area contributed by atoms with Gasteiger partial charge in [0.2, 0.25) is 11.0 Å². The smallest absolute Gasteiger partial charge is 0.313 e. The van der Waals surface area contributed by atoms with Crippen molar-refractivity contribution in [1.29, 1.82) is 0 Å². The van der Waals surface area contributed by atoms with Crippen molar-refractivity contribution in [3.8, 4) is 0 Å². The Balaban J connectivity index is 1.89.